The van der Waals surface area contributed by atoms with Crippen molar-refractivity contribution in [2.24, 2.45) is 10.7 Å². The summed E-state index contributed by atoms with van der Waals surface area (Å²) in [6.45, 7) is 6.87. The molecule has 5 nitrogen and oxygen atoms in total. The van der Waals surface area contributed by atoms with Crippen molar-refractivity contribution in [3.8, 4) is 0 Å². The summed E-state index contributed by atoms with van der Waals surface area (Å²) in [5.74, 6) is 0.503. The first-order chi connectivity index (χ1) is 6.99. The molecule has 1 aliphatic rings. The van der Waals surface area contributed by atoms with Crippen molar-refractivity contribution in [1.29, 1.82) is 5.41 Å². The number of hydroxylamine groups is 1. The van der Waals surface area contributed by atoms with Gasteiger partial charge in [0.05, 0.1) is 11.7 Å². The first-order valence-electron chi connectivity index (χ1n) is 4.33. The topological polar surface area (TPSA) is 83.5 Å². The molecule has 0 fully saturated rings. The maximum absolute atomic E-state index is 7.39. The average Bonchev–Trinajstić information content (AvgIpc) is 2.55. The van der Waals surface area contributed by atoms with Crippen molar-refractivity contribution in [1.82, 2.24) is 5.48 Å². The number of nitrogens with zero attached hydrogens (tertiary/aromatic N) is 1. The molecule has 0 saturated carbocycles. The second-order valence-corrected chi connectivity index (χ2v) is 3.52. The van der Waals surface area contributed by atoms with Gasteiger partial charge in [-0.05, 0) is 20.6 Å². The third kappa shape index (κ3) is 2.19. The van der Waals surface area contributed by atoms with Crippen LogP contribution in [0.4, 0.5) is 0 Å². The van der Waals surface area contributed by atoms with Crippen LogP contribution in [-0.2, 0) is 4.84 Å². The van der Waals surface area contributed by atoms with Gasteiger partial charge in [-0.15, -0.1) is 5.48 Å². The maximum Gasteiger partial charge on any atom is 0.164 e. The molecule has 82 valence electrons. The fraction of sp³-hybridized carbons (Fsp3) is 0.333. The highest BCUT2D eigenvalue weighted by molar-refractivity contribution is 6.43. The molecule has 0 aromatic heterocycles. The molecule has 1 atom stereocenters. The van der Waals surface area contributed by atoms with Crippen LogP contribution in [0.3, 0.4) is 0 Å². The van der Waals surface area contributed by atoms with Crippen LogP contribution in [0.15, 0.2) is 27.1 Å². The largest absolute Gasteiger partial charge is 0.412 e. The van der Waals surface area contributed by atoms with E-state index in [-0.39, 0.29) is 16.9 Å². The van der Waals surface area contributed by atoms with Crippen molar-refractivity contribution >= 4 is 24.2 Å². The molecular formula is C9H13ClN4O. The Morgan fingerprint density at radius 3 is 2.73 bits per heavy atom. The number of amidine groups is 1. The zero-order chi connectivity index (χ0) is 11.6. The minimum Gasteiger partial charge on any atom is -0.412 e. The zero-order valence-corrected chi connectivity index (χ0v) is 9.35. The molecule has 0 amide bonds. The van der Waals surface area contributed by atoms with Crippen LogP contribution < -0.4 is 11.2 Å². The number of hydrogen-bond acceptors (Lipinski definition) is 4. The van der Waals surface area contributed by atoms with Crippen LogP contribution in [0.5, 0.6) is 0 Å². The Morgan fingerprint density at radius 2 is 2.33 bits per heavy atom. The maximum atomic E-state index is 7.39. The van der Waals surface area contributed by atoms with Gasteiger partial charge in [0.15, 0.2) is 5.84 Å². The lowest BCUT2D eigenvalue weighted by Gasteiger charge is -2.09. The molecule has 0 bridgehead atoms. The monoisotopic (exact) mass is 228 g/mol. The minimum atomic E-state index is -0.145. The SMILES string of the molecule is C=NC(=N)C(Cl)=C(N)C1=C(C)ONC1C. The summed E-state index contributed by atoms with van der Waals surface area (Å²) in [5.41, 5.74) is 9.61. The molecule has 0 saturated heterocycles. The zero-order valence-electron chi connectivity index (χ0n) is 8.60. The van der Waals surface area contributed by atoms with Crippen LogP contribution in [-0.4, -0.2) is 18.6 Å². The summed E-state index contributed by atoms with van der Waals surface area (Å²) < 4.78 is 0. The highest BCUT2D eigenvalue weighted by atomic mass is 35.5. The number of aliphatic imine (C=N–C) groups is 1. The molecule has 1 aliphatic heterocycles. The van der Waals surface area contributed by atoms with E-state index in [4.69, 9.17) is 27.6 Å². The van der Waals surface area contributed by atoms with Crippen LogP contribution in [0, 0.1) is 5.41 Å². The van der Waals surface area contributed by atoms with Crippen molar-refractivity contribution in [2.45, 2.75) is 19.9 Å². The van der Waals surface area contributed by atoms with Gasteiger partial charge in [-0.25, -0.2) is 4.99 Å². The Balaban J connectivity index is 3.13. The summed E-state index contributed by atoms with van der Waals surface area (Å²) in [6.07, 6.45) is 0. The van der Waals surface area contributed by atoms with E-state index in [1.807, 2.05) is 6.92 Å². The third-order valence-electron chi connectivity index (χ3n) is 2.09. The van der Waals surface area contributed by atoms with Crippen LogP contribution in [0.2, 0.25) is 0 Å². The molecule has 1 heterocycles. The van der Waals surface area contributed by atoms with Gasteiger partial charge in [-0.1, -0.05) is 11.6 Å². The molecular weight excluding hydrogens is 216 g/mol. The standard InChI is InChI=1S/C9H13ClN4O/c1-4-6(5(2)15-14-4)8(11)7(10)9(12)13-3/h4,12,14H,3,11H2,1-2H3. The fourth-order valence-corrected chi connectivity index (χ4v) is 1.50. The normalized spacial score (nSPS) is 22.2. The van der Waals surface area contributed by atoms with Gasteiger partial charge in [0.2, 0.25) is 0 Å². The van der Waals surface area contributed by atoms with Crippen molar-refractivity contribution in [2.75, 3.05) is 0 Å². The van der Waals surface area contributed by atoms with E-state index in [0.29, 0.717) is 11.5 Å². The minimum absolute atomic E-state index is 0.0589. The van der Waals surface area contributed by atoms with E-state index in [1.54, 1.807) is 6.92 Å². The predicted octanol–water partition coefficient (Wildman–Crippen LogP) is 1.27. The van der Waals surface area contributed by atoms with Gasteiger partial charge in [0.25, 0.3) is 0 Å². The Kier molecular flexibility index (Phi) is 3.49. The summed E-state index contributed by atoms with van der Waals surface area (Å²) in [4.78, 5) is 8.51. The number of halogens is 1. The first kappa shape index (κ1) is 11.7. The van der Waals surface area contributed by atoms with E-state index >= 15 is 0 Å². The quantitative estimate of drug-likeness (QED) is 0.492. The van der Waals surface area contributed by atoms with Crippen LogP contribution in [0.1, 0.15) is 13.8 Å². The van der Waals surface area contributed by atoms with E-state index in [1.165, 1.54) is 0 Å². The van der Waals surface area contributed by atoms with Crippen molar-refractivity contribution < 1.29 is 4.84 Å². The lowest BCUT2D eigenvalue weighted by molar-refractivity contribution is 0.121. The summed E-state index contributed by atoms with van der Waals surface area (Å²) >= 11 is 5.87. The Labute approximate surface area is 93.1 Å². The van der Waals surface area contributed by atoms with Gasteiger partial charge in [0, 0.05) is 5.57 Å². The Bertz CT molecular complexity index is 372. The first-order valence-corrected chi connectivity index (χ1v) is 4.71. The van der Waals surface area contributed by atoms with E-state index < -0.39 is 0 Å². The highest BCUT2D eigenvalue weighted by Crippen LogP contribution is 2.25. The van der Waals surface area contributed by atoms with Gasteiger partial charge in [-0.2, -0.15) is 0 Å². The smallest absolute Gasteiger partial charge is 0.164 e. The lowest BCUT2D eigenvalue weighted by Crippen LogP contribution is -2.23. The number of rotatable bonds is 2. The summed E-state index contributed by atoms with van der Waals surface area (Å²) in [7, 11) is 0. The molecule has 15 heavy (non-hydrogen) atoms. The number of hydrogen-bond donors (Lipinski definition) is 3. The second-order valence-electron chi connectivity index (χ2n) is 3.15. The van der Waals surface area contributed by atoms with Gasteiger partial charge in [0.1, 0.15) is 10.8 Å². The van der Waals surface area contributed by atoms with E-state index in [9.17, 15) is 0 Å². The average molecular weight is 229 g/mol. The van der Waals surface area contributed by atoms with Gasteiger partial charge >= 0.3 is 0 Å². The third-order valence-corrected chi connectivity index (χ3v) is 2.48. The predicted molar refractivity (Wildman–Crippen MR) is 60.7 cm³/mol. The molecule has 1 rings (SSSR count). The molecule has 0 spiro atoms. The molecule has 0 radical (unpaired) electrons. The second kappa shape index (κ2) is 4.46. The van der Waals surface area contributed by atoms with Crippen molar-refractivity contribution in [3.63, 3.8) is 0 Å². The van der Waals surface area contributed by atoms with Gasteiger partial charge < -0.3 is 10.6 Å². The molecule has 1 unspecified atom stereocenters. The van der Waals surface area contributed by atoms with Crippen molar-refractivity contribution in [3.05, 3.63) is 22.1 Å². The molecule has 6 heteroatoms. The van der Waals surface area contributed by atoms with E-state index in [0.717, 1.165) is 5.57 Å². The van der Waals surface area contributed by atoms with E-state index in [2.05, 4.69) is 17.2 Å². The molecule has 4 N–H and O–H groups in total. The van der Waals surface area contributed by atoms with Crippen LogP contribution >= 0.6 is 11.6 Å². The Hall–Kier alpha value is -1.33. The molecule has 0 aliphatic carbocycles. The highest BCUT2D eigenvalue weighted by Gasteiger charge is 2.25. The van der Waals surface area contributed by atoms with Crippen LogP contribution in [0.25, 0.3) is 0 Å². The number of nitrogens with one attached hydrogen (secondary N) is 2. The molecule has 0 aromatic carbocycles. The molecule has 0 aromatic rings. The number of nitrogens with two attached hydrogens (primary N) is 1. The summed E-state index contributed by atoms with van der Waals surface area (Å²) in [6, 6.07) is -0.0589. The van der Waals surface area contributed by atoms with Gasteiger partial charge in [-0.3, -0.25) is 5.41 Å². The fourth-order valence-electron chi connectivity index (χ4n) is 1.33. The summed E-state index contributed by atoms with van der Waals surface area (Å²) in [5, 5.41) is 7.47. The Morgan fingerprint density at radius 1 is 1.73 bits per heavy atom. The number of allylic oxidation sites excluding steroid dienone is 1. The lowest BCUT2D eigenvalue weighted by atomic mass is 10.1.